The molecular formula is C22H16Cl3N5O. The molecule has 156 valence electrons. The molecule has 3 N–H and O–H groups in total. The highest BCUT2D eigenvalue weighted by molar-refractivity contribution is 6.46. The fourth-order valence-electron chi connectivity index (χ4n) is 3.39. The van der Waals surface area contributed by atoms with Crippen LogP contribution in [0, 0.1) is 0 Å². The van der Waals surface area contributed by atoms with Gasteiger partial charge in [0, 0.05) is 23.5 Å². The van der Waals surface area contributed by atoms with Gasteiger partial charge < -0.3 is 10.3 Å². The maximum Gasteiger partial charge on any atom is 0.291 e. The number of fused-ring (bicyclic) bond motifs is 1. The maximum absolute atomic E-state index is 12.6. The van der Waals surface area contributed by atoms with E-state index in [1.54, 1.807) is 6.21 Å². The number of aryl methyl sites for hydroxylation is 1. The molecule has 0 fully saturated rings. The van der Waals surface area contributed by atoms with Crippen LogP contribution in [0.4, 0.5) is 5.69 Å². The van der Waals surface area contributed by atoms with Crippen molar-refractivity contribution in [3.8, 4) is 11.3 Å². The summed E-state index contributed by atoms with van der Waals surface area (Å²) in [5.74, 6) is -0.659. The van der Waals surface area contributed by atoms with Crippen molar-refractivity contribution in [2.75, 3.05) is 5.73 Å². The van der Waals surface area contributed by atoms with Crippen molar-refractivity contribution >= 4 is 63.5 Å². The predicted octanol–water partition coefficient (Wildman–Crippen LogP) is 5.55. The van der Waals surface area contributed by atoms with Gasteiger partial charge in [0.05, 0.1) is 22.6 Å². The number of para-hydroxylation sites is 1. The van der Waals surface area contributed by atoms with E-state index in [2.05, 4.69) is 20.1 Å². The molecule has 4 aromatic rings. The largest absolute Gasteiger partial charge is 0.396 e. The Morgan fingerprint density at radius 2 is 1.74 bits per heavy atom. The Morgan fingerprint density at radius 3 is 2.48 bits per heavy atom. The van der Waals surface area contributed by atoms with Crippen LogP contribution in [0.1, 0.15) is 16.1 Å². The number of anilines is 1. The number of carbonyl (C=O) groups is 1. The lowest BCUT2D eigenvalue weighted by Gasteiger charge is -2.08. The summed E-state index contributed by atoms with van der Waals surface area (Å²) in [5.41, 5.74) is 11.9. The zero-order valence-electron chi connectivity index (χ0n) is 16.2. The van der Waals surface area contributed by atoms with Gasteiger partial charge in [-0.15, -0.1) is 0 Å². The van der Waals surface area contributed by atoms with Crippen molar-refractivity contribution in [3.05, 3.63) is 81.1 Å². The second-order valence-electron chi connectivity index (χ2n) is 6.70. The van der Waals surface area contributed by atoms with E-state index in [1.165, 1.54) is 0 Å². The summed E-state index contributed by atoms with van der Waals surface area (Å²) < 4.78 is 2.09. The van der Waals surface area contributed by atoms with Crippen LogP contribution in [0.5, 0.6) is 0 Å². The number of hydrogen-bond acceptors (Lipinski definition) is 4. The quantitative estimate of drug-likeness (QED) is 0.232. The molecule has 0 aliphatic carbocycles. The number of hydrazone groups is 1. The molecule has 1 amide bonds. The fourth-order valence-corrected chi connectivity index (χ4v) is 3.98. The Kier molecular flexibility index (Phi) is 5.87. The number of hydrogen-bond donors (Lipinski definition) is 2. The first kappa shape index (κ1) is 21.2. The highest BCUT2D eigenvalue weighted by Gasteiger charge is 2.20. The van der Waals surface area contributed by atoms with Crippen molar-refractivity contribution in [1.82, 2.24) is 15.0 Å². The number of nitrogen functional groups attached to an aromatic ring is 1. The van der Waals surface area contributed by atoms with Crippen LogP contribution >= 0.6 is 34.8 Å². The third-order valence-electron chi connectivity index (χ3n) is 4.84. The van der Waals surface area contributed by atoms with E-state index in [9.17, 15) is 4.79 Å². The Bertz CT molecular complexity index is 1330. The molecule has 2 aromatic heterocycles. The average Bonchev–Trinajstić information content (AvgIpc) is 3.07. The number of halogens is 3. The molecule has 0 atom stereocenters. The molecule has 0 bridgehead atoms. The van der Waals surface area contributed by atoms with Gasteiger partial charge in [0.1, 0.15) is 5.02 Å². The van der Waals surface area contributed by atoms with Crippen molar-refractivity contribution in [3.63, 3.8) is 0 Å². The SMILES string of the molecule is Cn1c(-c2ccccc2)c(/C=N/NC(=O)c2nc(Cl)c(Cl)c(N)c2Cl)c2ccccc21. The molecule has 0 aliphatic rings. The summed E-state index contributed by atoms with van der Waals surface area (Å²) in [5, 5.41) is 4.93. The van der Waals surface area contributed by atoms with Crippen LogP contribution in [0.15, 0.2) is 59.7 Å². The number of nitrogens with two attached hydrogens (primary N) is 1. The summed E-state index contributed by atoms with van der Waals surface area (Å²) in [7, 11) is 1.99. The molecule has 0 unspecified atom stereocenters. The molecule has 0 aliphatic heterocycles. The van der Waals surface area contributed by atoms with Crippen LogP contribution in [0.2, 0.25) is 15.2 Å². The van der Waals surface area contributed by atoms with Crippen molar-refractivity contribution in [2.24, 2.45) is 12.1 Å². The smallest absolute Gasteiger partial charge is 0.291 e. The van der Waals surface area contributed by atoms with Gasteiger partial charge in [0.15, 0.2) is 10.8 Å². The lowest BCUT2D eigenvalue weighted by molar-refractivity contribution is 0.0950. The van der Waals surface area contributed by atoms with Crippen molar-refractivity contribution < 1.29 is 4.79 Å². The maximum atomic E-state index is 12.6. The first-order valence-electron chi connectivity index (χ1n) is 9.16. The lowest BCUT2D eigenvalue weighted by Crippen LogP contribution is -2.20. The second-order valence-corrected chi connectivity index (χ2v) is 7.81. The number of carbonyl (C=O) groups excluding carboxylic acids is 1. The molecule has 6 nitrogen and oxygen atoms in total. The molecular weight excluding hydrogens is 457 g/mol. The Hall–Kier alpha value is -3.06. The van der Waals surface area contributed by atoms with E-state index < -0.39 is 5.91 Å². The van der Waals surface area contributed by atoms with Crippen molar-refractivity contribution in [1.29, 1.82) is 0 Å². The monoisotopic (exact) mass is 471 g/mol. The summed E-state index contributed by atoms with van der Waals surface area (Å²) in [6.07, 6.45) is 1.59. The van der Waals surface area contributed by atoms with E-state index in [4.69, 9.17) is 40.5 Å². The number of rotatable bonds is 4. The molecule has 9 heteroatoms. The van der Waals surface area contributed by atoms with Gasteiger partial charge >= 0.3 is 0 Å². The number of aromatic nitrogens is 2. The summed E-state index contributed by atoms with van der Waals surface area (Å²) >= 11 is 17.9. The highest BCUT2D eigenvalue weighted by atomic mass is 35.5. The van der Waals surface area contributed by atoms with E-state index in [0.717, 1.165) is 27.7 Å². The standard InChI is InChI=1S/C22H16Cl3N5O/c1-30-15-10-6-5-9-13(15)14(20(30)12-7-3-2-4-8-12)11-27-29-22(31)19-16(23)18(26)17(24)21(25)28-19/h2-11H,1H3,(H2,26,28)(H,29,31)/b27-11+. The van der Waals surface area contributed by atoms with Crippen molar-refractivity contribution in [2.45, 2.75) is 0 Å². The van der Waals surface area contributed by atoms with Gasteiger partial charge in [-0.25, -0.2) is 10.4 Å². The topological polar surface area (TPSA) is 85.3 Å². The van der Waals surface area contributed by atoms with Crippen LogP contribution < -0.4 is 11.2 Å². The third kappa shape index (κ3) is 3.85. The minimum atomic E-state index is -0.659. The lowest BCUT2D eigenvalue weighted by atomic mass is 10.1. The van der Waals surface area contributed by atoms with E-state index in [1.807, 2.05) is 61.6 Å². The molecule has 2 heterocycles. The molecule has 4 rings (SSSR count). The predicted molar refractivity (Wildman–Crippen MR) is 127 cm³/mol. The van der Waals surface area contributed by atoms with Gasteiger partial charge in [0.25, 0.3) is 5.91 Å². The number of pyridine rings is 1. The summed E-state index contributed by atoms with van der Waals surface area (Å²) in [6, 6.07) is 17.9. The third-order valence-corrected chi connectivity index (χ3v) is 5.98. The minimum absolute atomic E-state index is 0.00465. The summed E-state index contributed by atoms with van der Waals surface area (Å²) in [6.45, 7) is 0. The van der Waals surface area contributed by atoms with Crippen LogP contribution in [-0.4, -0.2) is 21.7 Å². The number of nitrogens with one attached hydrogen (secondary N) is 1. The number of amides is 1. The summed E-state index contributed by atoms with van der Waals surface area (Å²) in [4.78, 5) is 16.5. The highest BCUT2D eigenvalue weighted by Crippen LogP contribution is 2.34. The van der Waals surface area contributed by atoms with E-state index in [-0.39, 0.29) is 26.6 Å². The molecule has 0 radical (unpaired) electrons. The van der Waals surface area contributed by atoms with Gasteiger partial charge in [-0.05, 0) is 11.6 Å². The Morgan fingerprint density at radius 1 is 1.06 bits per heavy atom. The number of benzene rings is 2. The zero-order chi connectivity index (χ0) is 22.1. The Labute approximate surface area is 193 Å². The van der Waals surface area contributed by atoms with E-state index in [0.29, 0.717) is 0 Å². The van der Waals surface area contributed by atoms with Gasteiger partial charge in [0.2, 0.25) is 0 Å². The van der Waals surface area contributed by atoms with E-state index >= 15 is 0 Å². The van der Waals surface area contributed by atoms with Gasteiger partial charge in [-0.2, -0.15) is 5.10 Å². The van der Waals surface area contributed by atoms with Crippen LogP contribution in [-0.2, 0) is 7.05 Å². The first-order chi connectivity index (χ1) is 14.9. The molecule has 2 aromatic carbocycles. The Balaban J connectivity index is 1.72. The average molecular weight is 473 g/mol. The van der Waals surface area contributed by atoms with Crippen LogP contribution in [0.25, 0.3) is 22.2 Å². The molecule has 0 saturated heterocycles. The fraction of sp³-hybridized carbons (Fsp3) is 0.0455. The molecule has 0 saturated carbocycles. The first-order valence-corrected chi connectivity index (χ1v) is 10.3. The second kappa shape index (κ2) is 8.59. The van der Waals surface area contributed by atoms with Crippen LogP contribution in [0.3, 0.4) is 0 Å². The normalized spacial score (nSPS) is 11.4. The molecule has 0 spiro atoms. The zero-order valence-corrected chi connectivity index (χ0v) is 18.5. The minimum Gasteiger partial charge on any atom is -0.396 e. The van der Waals surface area contributed by atoms with Gasteiger partial charge in [-0.3, -0.25) is 4.79 Å². The number of nitrogens with zero attached hydrogens (tertiary/aromatic N) is 3. The van der Waals surface area contributed by atoms with Gasteiger partial charge in [-0.1, -0.05) is 83.3 Å². The molecule has 31 heavy (non-hydrogen) atoms.